The topological polar surface area (TPSA) is 41.9 Å². The average Bonchev–Trinajstić information content (AvgIpc) is 2.57. The fourth-order valence-corrected chi connectivity index (χ4v) is 3.51. The summed E-state index contributed by atoms with van der Waals surface area (Å²) in [4.78, 5) is 2.35. The van der Waals surface area contributed by atoms with E-state index < -0.39 is 0 Å². The quantitative estimate of drug-likeness (QED) is 0.746. The summed E-state index contributed by atoms with van der Waals surface area (Å²) in [6, 6.07) is 5.02. The van der Waals surface area contributed by atoms with Gasteiger partial charge in [0.2, 0.25) is 0 Å². The first-order valence-electron chi connectivity index (χ1n) is 8.27. The van der Waals surface area contributed by atoms with E-state index in [1.54, 1.807) is 19.2 Å². The molecule has 1 aliphatic rings. The Kier molecular flexibility index (Phi) is 6.81. The highest BCUT2D eigenvalue weighted by atomic mass is 19.1. The second-order valence-electron chi connectivity index (χ2n) is 6.54. The molecule has 0 saturated carbocycles. The van der Waals surface area contributed by atoms with Gasteiger partial charge in [-0.15, -0.1) is 0 Å². The Balaban J connectivity index is 1.99. The van der Waals surface area contributed by atoms with Gasteiger partial charge in [-0.05, 0) is 49.9 Å². The Morgan fingerprint density at radius 2 is 2.17 bits per heavy atom. The van der Waals surface area contributed by atoms with Gasteiger partial charge in [0.05, 0.1) is 7.11 Å². The largest absolute Gasteiger partial charge is 0.494 e. The standard InChI is InChI=1S/C18H28FNO3/c1-22-10-4-8-18(14-21)7-3-9-20(13-18)12-15-5-6-16(19)17(11-15)23-2/h5-6,11,21H,3-4,7-10,12-14H2,1-2H3/t18-/m0/s1. The van der Waals surface area contributed by atoms with E-state index in [2.05, 4.69) is 4.90 Å². The van der Waals surface area contributed by atoms with E-state index in [0.29, 0.717) is 0 Å². The number of ether oxygens (including phenoxy) is 2. The van der Waals surface area contributed by atoms with Crippen LogP contribution in [0.2, 0.25) is 0 Å². The number of rotatable bonds is 8. The Bertz CT molecular complexity index is 497. The number of aliphatic hydroxyl groups is 1. The third kappa shape index (κ3) is 4.90. The first kappa shape index (κ1) is 18.2. The number of halogens is 1. The lowest BCUT2D eigenvalue weighted by atomic mass is 9.77. The Morgan fingerprint density at radius 3 is 2.87 bits per heavy atom. The third-order valence-electron chi connectivity index (χ3n) is 4.75. The van der Waals surface area contributed by atoms with Crippen molar-refractivity contribution in [2.24, 2.45) is 5.41 Å². The monoisotopic (exact) mass is 325 g/mol. The molecule has 0 aliphatic carbocycles. The molecule has 1 aliphatic heterocycles. The Morgan fingerprint density at radius 1 is 1.35 bits per heavy atom. The van der Waals surface area contributed by atoms with Crippen molar-refractivity contribution in [3.8, 4) is 5.75 Å². The SMILES string of the molecule is COCCC[C@@]1(CO)CCCN(Cc2ccc(F)c(OC)c2)C1. The highest BCUT2D eigenvalue weighted by Crippen LogP contribution is 2.35. The van der Waals surface area contributed by atoms with E-state index in [1.807, 2.05) is 0 Å². The van der Waals surface area contributed by atoms with E-state index in [-0.39, 0.29) is 23.6 Å². The normalized spacial score (nSPS) is 22.3. The lowest BCUT2D eigenvalue weighted by molar-refractivity contribution is 0.0158. The van der Waals surface area contributed by atoms with Gasteiger partial charge in [0.25, 0.3) is 0 Å². The van der Waals surface area contributed by atoms with Crippen LogP contribution in [0.3, 0.4) is 0 Å². The van der Waals surface area contributed by atoms with Crippen LogP contribution in [0.1, 0.15) is 31.2 Å². The van der Waals surface area contributed by atoms with Gasteiger partial charge in [0.1, 0.15) is 0 Å². The number of methoxy groups -OCH3 is 2. The van der Waals surface area contributed by atoms with Crippen LogP contribution in [0.4, 0.5) is 4.39 Å². The second kappa shape index (κ2) is 8.62. The first-order chi connectivity index (χ1) is 11.1. The van der Waals surface area contributed by atoms with Crippen molar-refractivity contribution in [3.63, 3.8) is 0 Å². The molecule has 5 heteroatoms. The van der Waals surface area contributed by atoms with Gasteiger partial charge >= 0.3 is 0 Å². The fraction of sp³-hybridized carbons (Fsp3) is 0.667. The van der Waals surface area contributed by atoms with E-state index in [1.165, 1.54) is 13.2 Å². The summed E-state index contributed by atoms with van der Waals surface area (Å²) < 4.78 is 23.7. The summed E-state index contributed by atoms with van der Waals surface area (Å²) in [6.45, 7) is 3.57. The molecule has 1 saturated heterocycles. The van der Waals surface area contributed by atoms with Crippen molar-refractivity contribution >= 4 is 0 Å². The van der Waals surface area contributed by atoms with E-state index in [0.717, 1.165) is 57.5 Å². The van der Waals surface area contributed by atoms with Crippen LogP contribution in [0.15, 0.2) is 18.2 Å². The molecule has 2 rings (SSSR count). The number of piperidine rings is 1. The minimum Gasteiger partial charge on any atom is -0.494 e. The van der Waals surface area contributed by atoms with E-state index in [4.69, 9.17) is 9.47 Å². The zero-order valence-electron chi connectivity index (χ0n) is 14.2. The van der Waals surface area contributed by atoms with Crippen molar-refractivity contribution in [2.75, 3.05) is 40.5 Å². The molecule has 0 unspecified atom stereocenters. The predicted octanol–water partition coefficient (Wildman–Crippen LogP) is 2.84. The zero-order chi connectivity index (χ0) is 16.7. The van der Waals surface area contributed by atoms with Gasteiger partial charge in [0, 0.05) is 38.8 Å². The first-order valence-corrected chi connectivity index (χ1v) is 8.27. The summed E-state index contributed by atoms with van der Waals surface area (Å²) >= 11 is 0. The number of aliphatic hydroxyl groups excluding tert-OH is 1. The predicted molar refractivity (Wildman–Crippen MR) is 88.1 cm³/mol. The summed E-state index contributed by atoms with van der Waals surface area (Å²) in [6.07, 6.45) is 4.07. The highest BCUT2D eigenvalue weighted by molar-refractivity contribution is 5.30. The minimum atomic E-state index is -0.334. The molecular weight excluding hydrogens is 297 g/mol. The summed E-state index contributed by atoms with van der Waals surface area (Å²) in [5.74, 6) is -0.0489. The van der Waals surface area contributed by atoms with E-state index >= 15 is 0 Å². The van der Waals surface area contributed by atoms with Crippen LogP contribution < -0.4 is 4.74 Å². The number of benzene rings is 1. The summed E-state index contributed by atoms with van der Waals surface area (Å²) in [7, 11) is 3.19. The molecule has 1 heterocycles. The third-order valence-corrected chi connectivity index (χ3v) is 4.75. The van der Waals surface area contributed by atoms with Crippen molar-refractivity contribution in [1.82, 2.24) is 4.90 Å². The van der Waals surface area contributed by atoms with Gasteiger partial charge < -0.3 is 14.6 Å². The lowest BCUT2D eigenvalue weighted by Crippen LogP contribution is -2.45. The maximum Gasteiger partial charge on any atom is 0.165 e. The molecule has 0 amide bonds. The molecule has 130 valence electrons. The van der Waals surface area contributed by atoms with Crippen molar-refractivity contribution in [1.29, 1.82) is 0 Å². The maximum atomic E-state index is 13.5. The number of likely N-dealkylation sites (tertiary alicyclic amines) is 1. The molecule has 0 radical (unpaired) electrons. The number of hydrogen-bond acceptors (Lipinski definition) is 4. The van der Waals surface area contributed by atoms with Crippen LogP contribution in [0.25, 0.3) is 0 Å². The average molecular weight is 325 g/mol. The highest BCUT2D eigenvalue weighted by Gasteiger charge is 2.34. The molecule has 1 N–H and O–H groups in total. The minimum absolute atomic E-state index is 0.0408. The van der Waals surface area contributed by atoms with Crippen LogP contribution in [-0.4, -0.2) is 50.5 Å². The molecule has 4 nitrogen and oxygen atoms in total. The molecule has 0 aromatic heterocycles. The van der Waals surface area contributed by atoms with Crippen molar-refractivity contribution in [2.45, 2.75) is 32.2 Å². The Labute approximate surface area is 138 Å². The lowest BCUT2D eigenvalue weighted by Gasteiger charge is -2.42. The zero-order valence-corrected chi connectivity index (χ0v) is 14.2. The van der Waals surface area contributed by atoms with Crippen molar-refractivity contribution < 1.29 is 19.0 Å². The molecule has 0 spiro atoms. The summed E-state index contributed by atoms with van der Waals surface area (Å²) in [5.41, 5.74) is 0.995. The second-order valence-corrected chi connectivity index (χ2v) is 6.54. The number of hydrogen-bond donors (Lipinski definition) is 1. The molecule has 0 bridgehead atoms. The van der Waals surface area contributed by atoms with Gasteiger partial charge in [0.15, 0.2) is 11.6 Å². The molecule has 23 heavy (non-hydrogen) atoms. The molecule has 1 aromatic carbocycles. The number of nitrogens with zero attached hydrogens (tertiary/aromatic N) is 1. The summed E-state index contributed by atoms with van der Waals surface area (Å²) in [5, 5.41) is 9.91. The smallest absolute Gasteiger partial charge is 0.165 e. The van der Waals surface area contributed by atoms with Crippen LogP contribution in [-0.2, 0) is 11.3 Å². The van der Waals surface area contributed by atoms with Gasteiger partial charge in [-0.25, -0.2) is 4.39 Å². The fourth-order valence-electron chi connectivity index (χ4n) is 3.51. The maximum absolute atomic E-state index is 13.5. The molecule has 1 atom stereocenters. The van der Waals surface area contributed by atoms with Crippen LogP contribution in [0, 0.1) is 11.2 Å². The van der Waals surface area contributed by atoms with Gasteiger partial charge in [-0.3, -0.25) is 4.90 Å². The molecule has 1 fully saturated rings. The molecular formula is C18H28FNO3. The van der Waals surface area contributed by atoms with E-state index in [9.17, 15) is 9.50 Å². The van der Waals surface area contributed by atoms with Crippen LogP contribution in [0.5, 0.6) is 5.75 Å². The molecule has 1 aromatic rings. The van der Waals surface area contributed by atoms with Crippen molar-refractivity contribution in [3.05, 3.63) is 29.6 Å². The Hall–Kier alpha value is -1.17. The van der Waals surface area contributed by atoms with Gasteiger partial charge in [-0.1, -0.05) is 6.07 Å². The van der Waals surface area contributed by atoms with Crippen LogP contribution >= 0.6 is 0 Å². The van der Waals surface area contributed by atoms with Gasteiger partial charge in [-0.2, -0.15) is 0 Å².